The van der Waals surface area contributed by atoms with Crippen molar-refractivity contribution in [2.75, 3.05) is 7.11 Å². The highest BCUT2D eigenvalue weighted by Crippen LogP contribution is 2.21. The number of aromatic nitrogens is 4. The quantitative estimate of drug-likeness (QED) is 0.649. The molecule has 94 valence electrons. The molecule has 3 aromatic heterocycles. The van der Waals surface area contributed by atoms with Crippen LogP contribution in [-0.4, -0.2) is 32.4 Å². The number of imidazole rings is 1. The summed E-state index contributed by atoms with van der Waals surface area (Å²) in [6.45, 7) is 0. The van der Waals surface area contributed by atoms with Gasteiger partial charge >= 0.3 is 5.97 Å². The number of fused-ring (bicyclic) bond motifs is 1. The van der Waals surface area contributed by atoms with Crippen molar-refractivity contribution in [3.05, 3.63) is 48.8 Å². The van der Waals surface area contributed by atoms with Crippen LogP contribution >= 0.6 is 0 Å². The third kappa shape index (κ3) is 1.83. The molecule has 0 saturated carbocycles. The van der Waals surface area contributed by atoms with Crippen molar-refractivity contribution in [1.82, 2.24) is 19.4 Å². The van der Waals surface area contributed by atoms with E-state index in [9.17, 15) is 4.79 Å². The van der Waals surface area contributed by atoms with E-state index in [4.69, 9.17) is 4.74 Å². The minimum absolute atomic E-state index is 0.280. The number of esters is 1. The zero-order valence-electron chi connectivity index (χ0n) is 10.1. The first-order chi connectivity index (χ1) is 9.31. The summed E-state index contributed by atoms with van der Waals surface area (Å²) in [6.07, 6.45) is 6.57. The smallest absolute Gasteiger partial charge is 0.358 e. The number of pyridine rings is 1. The van der Waals surface area contributed by atoms with E-state index in [1.165, 1.54) is 13.4 Å². The summed E-state index contributed by atoms with van der Waals surface area (Å²) in [5, 5.41) is 0. The van der Waals surface area contributed by atoms with Crippen LogP contribution in [0.1, 0.15) is 10.5 Å². The maximum absolute atomic E-state index is 11.7. The first-order valence-corrected chi connectivity index (χ1v) is 5.62. The number of hydrogen-bond acceptors (Lipinski definition) is 5. The zero-order valence-corrected chi connectivity index (χ0v) is 10.1. The monoisotopic (exact) mass is 254 g/mol. The standard InChI is InChI=1S/C13H10N4O2/c1-19-13(18)11-10-4-2-3-5-17(10)12(16-11)9-6-14-8-15-7-9/h2-8H,1H3. The van der Waals surface area contributed by atoms with Crippen LogP contribution in [0.25, 0.3) is 16.9 Å². The fourth-order valence-corrected chi connectivity index (χ4v) is 1.90. The minimum atomic E-state index is -0.466. The Morgan fingerprint density at radius 3 is 2.79 bits per heavy atom. The van der Waals surface area contributed by atoms with Gasteiger partial charge in [-0.05, 0) is 12.1 Å². The van der Waals surface area contributed by atoms with E-state index in [1.54, 1.807) is 12.4 Å². The third-order valence-electron chi connectivity index (χ3n) is 2.75. The Bertz CT molecular complexity index is 737. The second kappa shape index (κ2) is 4.49. The Labute approximate surface area is 108 Å². The summed E-state index contributed by atoms with van der Waals surface area (Å²) in [4.78, 5) is 24.0. The highest BCUT2D eigenvalue weighted by atomic mass is 16.5. The molecule has 3 aromatic rings. The second-order valence-electron chi connectivity index (χ2n) is 3.86. The van der Waals surface area contributed by atoms with Crippen LogP contribution in [0.15, 0.2) is 43.1 Å². The van der Waals surface area contributed by atoms with Crippen LogP contribution in [0.4, 0.5) is 0 Å². The molecule has 0 radical (unpaired) electrons. The third-order valence-corrected chi connectivity index (χ3v) is 2.75. The molecular formula is C13H10N4O2. The molecule has 19 heavy (non-hydrogen) atoms. The lowest BCUT2D eigenvalue weighted by Gasteiger charge is -1.99. The van der Waals surface area contributed by atoms with Gasteiger partial charge in [0.2, 0.25) is 0 Å². The molecule has 0 amide bonds. The van der Waals surface area contributed by atoms with Gasteiger partial charge in [-0.25, -0.2) is 19.7 Å². The van der Waals surface area contributed by atoms with Gasteiger partial charge in [0.05, 0.1) is 18.2 Å². The van der Waals surface area contributed by atoms with E-state index in [1.807, 2.05) is 28.8 Å². The van der Waals surface area contributed by atoms with Gasteiger partial charge in [0, 0.05) is 18.6 Å². The molecule has 0 aliphatic rings. The highest BCUT2D eigenvalue weighted by molar-refractivity contribution is 5.96. The molecule has 0 atom stereocenters. The van der Waals surface area contributed by atoms with Gasteiger partial charge in [0.25, 0.3) is 0 Å². The Morgan fingerprint density at radius 1 is 1.26 bits per heavy atom. The van der Waals surface area contributed by atoms with E-state index in [2.05, 4.69) is 15.0 Å². The Hall–Kier alpha value is -2.76. The zero-order chi connectivity index (χ0) is 13.2. The molecule has 0 bridgehead atoms. The van der Waals surface area contributed by atoms with Gasteiger partial charge in [0.1, 0.15) is 12.2 Å². The van der Waals surface area contributed by atoms with Crippen molar-refractivity contribution in [3.8, 4) is 11.4 Å². The molecular weight excluding hydrogens is 244 g/mol. The predicted molar refractivity (Wildman–Crippen MR) is 67.6 cm³/mol. The van der Waals surface area contributed by atoms with E-state index < -0.39 is 5.97 Å². The lowest BCUT2D eigenvalue weighted by atomic mass is 10.3. The molecule has 3 rings (SSSR count). The maximum Gasteiger partial charge on any atom is 0.358 e. The summed E-state index contributed by atoms with van der Waals surface area (Å²) in [7, 11) is 1.34. The topological polar surface area (TPSA) is 69.4 Å². The molecule has 6 nitrogen and oxygen atoms in total. The van der Waals surface area contributed by atoms with Gasteiger partial charge in [0.15, 0.2) is 5.69 Å². The number of rotatable bonds is 2. The fourth-order valence-electron chi connectivity index (χ4n) is 1.90. The van der Waals surface area contributed by atoms with Crippen LogP contribution in [-0.2, 0) is 4.74 Å². The number of methoxy groups -OCH3 is 1. The Morgan fingerprint density at radius 2 is 2.05 bits per heavy atom. The van der Waals surface area contributed by atoms with Gasteiger partial charge in [-0.2, -0.15) is 0 Å². The molecule has 0 aliphatic carbocycles. The van der Waals surface area contributed by atoms with Crippen LogP contribution in [0.3, 0.4) is 0 Å². The van der Waals surface area contributed by atoms with Crippen molar-refractivity contribution in [1.29, 1.82) is 0 Å². The van der Waals surface area contributed by atoms with Gasteiger partial charge < -0.3 is 4.74 Å². The lowest BCUT2D eigenvalue weighted by molar-refractivity contribution is 0.0597. The van der Waals surface area contributed by atoms with E-state index >= 15 is 0 Å². The number of hydrogen-bond donors (Lipinski definition) is 0. The SMILES string of the molecule is COC(=O)c1nc(-c2cncnc2)n2ccccc12. The second-order valence-corrected chi connectivity index (χ2v) is 3.86. The number of nitrogens with zero attached hydrogens (tertiary/aromatic N) is 4. The summed E-state index contributed by atoms with van der Waals surface area (Å²) in [6, 6.07) is 5.52. The summed E-state index contributed by atoms with van der Waals surface area (Å²) < 4.78 is 6.56. The summed E-state index contributed by atoms with van der Waals surface area (Å²) in [5.41, 5.74) is 1.70. The molecule has 0 spiro atoms. The maximum atomic E-state index is 11.7. The normalized spacial score (nSPS) is 10.6. The van der Waals surface area contributed by atoms with Crippen molar-refractivity contribution in [2.45, 2.75) is 0 Å². The molecule has 6 heteroatoms. The lowest BCUT2D eigenvalue weighted by Crippen LogP contribution is -2.02. The fraction of sp³-hybridized carbons (Fsp3) is 0.0769. The molecule has 0 aliphatic heterocycles. The van der Waals surface area contributed by atoms with E-state index in [0.717, 1.165) is 5.56 Å². The van der Waals surface area contributed by atoms with Crippen molar-refractivity contribution in [2.24, 2.45) is 0 Å². The van der Waals surface area contributed by atoms with Crippen LogP contribution in [0.5, 0.6) is 0 Å². The first-order valence-electron chi connectivity index (χ1n) is 5.62. The molecule has 3 heterocycles. The van der Waals surface area contributed by atoms with Gasteiger partial charge in [-0.1, -0.05) is 6.07 Å². The largest absolute Gasteiger partial charge is 0.464 e. The number of carbonyl (C=O) groups excluding carboxylic acids is 1. The predicted octanol–water partition coefficient (Wildman–Crippen LogP) is 1.58. The molecule has 0 saturated heterocycles. The highest BCUT2D eigenvalue weighted by Gasteiger charge is 2.18. The average molecular weight is 254 g/mol. The van der Waals surface area contributed by atoms with Crippen LogP contribution in [0.2, 0.25) is 0 Å². The molecule has 0 unspecified atom stereocenters. The van der Waals surface area contributed by atoms with Crippen LogP contribution < -0.4 is 0 Å². The Balaban J connectivity index is 2.29. The van der Waals surface area contributed by atoms with Gasteiger partial charge in [-0.15, -0.1) is 0 Å². The van der Waals surface area contributed by atoms with Gasteiger partial charge in [-0.3, -0.25) is 4.40 Å². The van der Waals surface area contributed by atoms with Crippen molar-refractivity contribution < 1.29 is 9.53 Å². The summed E-state index contributed by atoms with van der Waals surface area (Å²) in [5.74, 6) is 0.142. The van der Waals surface area contributed by atoms with E-state index in [0.29, 0.717) is 11.3 Å². The molecule has 0 N–H and O–H groups in total. The number of carbonyl (C=O) groups is 1. The van der Waals surface area contributed by atoms with Crippen molar-refractivity contribution >= 4 is 11.5 Å². The average Bonchev–Trinajstić information content (AvgIpc) is 2.87. The minimum Gasteiger partial charge on any atom is -0.464 e. The number of ether oxygens (including phenoxy) is 1. The van der Waals surface area contributed by atoms with E-state index in [-0.39, 0.29) is 5.69 Å². The molecule has 0 fully saturated rings. The summed E-state index contributed by atoms with van der Waals surface area (Å²) >= 11 is 0. The molecule has 0 aromatic carbocycles. The first kappa shape index (κ1) is 11.3. The van der Waals surface area contributed by atoms with Crippen LogP contribution in [0, 0.1) is 0 Å². The van der Waals surface area contributed by atoms with Crippen molar-refractivity contribution in [3.63, 3.8) is 0 Å². The Kier molecular flexibility index (Phi) is 2.68.